The third-order valence-corrected chi connectivity index (χ3v) is 3.12. The van der Waals surface area contributed by atoms with Gasteiger partial charge in [0.2, 0.25) is 0 Å². The van der Waals surface area contributed by atoms with Crippen molar-refractivity contribution in [3.8, 4) is 11.5 Å². The predicted molar refractivity (Wildman–Crippen MR) is 77.7 cm³/mol. The maximum absolute atomic E-state index is 12.0. The van der Waals surface area contributed by atoms with Crippen molar-refractivity contribution in [3.05, 3.63) is 64.9 Å². The predicted octanol–water partition coefficient (Wildman–Crippen LogP) is 1.79. The van der Waals surface area contributed by atoms with Crippen LogP contribution >= 0.6 is 0 Å². The summed E-state index contributed by atoms with van der Waals surface area (Å²) in [6.07, 6.45) is 0. The Morgan fingerprint density at radius 1 is 0.750 bits per heavy atom. The second-order valence-corrected chi connectivity index (χ2v) is 4.59. The molecule has 2 aromatic rings. The molecule has 1 N–H and O–H groups in total. The van der Waals surface area contributed by atoms with Gasteiger partial charge in [-0.3, -0.25) is 0 Å². The number of quaternary nitrogens is 1. The largest absolute Gasteiger partial charge is 0.634 e. The van der Waals surface area contributed by atoms with E-state index in [4.69, 9.17) is 9.47 Å². The van der Waals surface area contributed by atoms with Gasteiger partial charge >= 0.3 is 0 Å². The SMILES string of the molecule is COc1ccc(C[NH+]([O-])Cc2ccc(OC)cc2)cc1. The van der Waals surface area contributed by atoms with Crippen LogP contribution in [0.1, 0.15) is 11.1 Å². The van der Waals surface area contributed by atoms with E-state index in [1.54, 1.807) is 14.2 Å². The van der Waals surface area contributed by atoms with Crippen molar-refractivity contribution < 1.29 is 14.5 Å². The van der Waals surface area contributed by atoms with Gasteiger partial charge in [-0.15, -0.1) is 0 Å². The molecule has 0 amide bonds. The van der Waals surface area contributed by atoms with Crippen LogP contribution in [-0.2, 0) is 13.1 Å². The summed E-state index contributed by atoms with van der Waals surface area (Å²) in [4.78, 5) is 0. The van der Waals surface area contributed by atoms with Crippen molar-refractivity contribution >= 4 is 0 Å². The summed E-state index contributed by atoms with van der Waals surface area (Å²) in [6, 6.07) is 15.2. The molecular weight excluding hydrogens is 254 g/mol. The molecule has 0 radical (unpaired) electrons. The number of hydroxylamine groups is 2. The molecule has 4 nitrogen and oxygen atoms in total. The second kappa shape index (κ2) is 6.93. The minimum atomic E-state index is 0.195. The third-order valence-electron chi connectivity index (χ3n) is 3.12. The second-order valence-electron chi connectivity index (χ2n) is 4.59. The summed E-state index contributed by atoms with van der Waals surface area (Å²) in [7, 11) is 3.26. The Hall–Kier alpha value is -2.04. The summed E-state index contributed by atoms with van der Waals surface area (Å²) >= 11 is 0. The maximum atomic E-state index is 12.0. The molecule has 0 spiro atoms. The molecule has 0 aromatic heterocycles. The molecule has 0 fully saturated rings. The minimum absolute atomic E-state index is 0.195. The lowest BCUT2D eigenvalue weighted by atomic mass is 10.2. The first-order chi connectivity index (χ1) is 9.71. The number of hydrogen-bond donors (Lipinski definition) is 1. The van der Waals surface area contributed by atoms with Gasteiger partial charge in [-0.05, 0) is 48.5 Å². The molecule has 0 aliphatic carbocycles. The fraction of sp³-hybridized carbons (Fsp3) is 0.250. The highest BCUT2D eigenvalue weighted by Gasteiger charge is 2.03. The van der Waals surface area contributed by atoms with E-state index in [-0.39, 0.29) is 5.06 Å². The van der Waals surface area contributed by atoms with Gasteiger partial charge in [-0.1, -0.05) is 0 Å². The van der Waals surface area contributed by atoms with E-state index in [0.717, 1.165) is 22.6 Å². The Balaban J connectivity index is 1.91. The van der Waals surface area contributed by atoms with E-state index < -0.39 is 0 Å². The van der Waals surface area contributed by atoms with Crippen molar-refractivity contribution in [2.24, 2.45) is 0 Å². The van der Waals surface area contributed by atoms with Gasteiger partial charge < -0.3 is 19.7 Å². The smallest absolute Gasteiger partial charge is 0.118 e. The summed E-state index contributed by atoms with van der Waals surface area (Å²) in [6.45, 7) is 0.881. The van der Waals surface area contributed by atoms with Crippen LogP contribution in [0.5, 0.6) is 11.5 Å². The van der Waals surface area contributed by atoms with Crippen LogP contribution in [-0.4, -0.2) is 14.2 Å². The highest BCUT2D eigenvalue weighted by molar-refractivity contribution is 5.27. The lowest BCUT2D eigenvalue weighted by molar-refractivity contribution is -0.876. The minimum Gasteiger partial charge on any atom is -0.634 e. The molecule has 0 bridgehead atoms. The van der Waals surface area contributed by atoms with E-state index in [9.17, 15) is 5.21 Å². The number of methoxy groups -OCH3 is 2. The van der Waals surface area contributed by atoms with Crippen LogP contribution in [0.2, 0.25) is 0 Å². The summed E-state index contributed by atoms with van der Waals surface area (Å²) in [5.41, 5.74) is 2.01. The zero-order valence-electron chi connectivity index (χ0n) is 11.8. The van der Waals surface area contributed by atoms with Crippen molar-refractivity contribution in [1.82, 2.24) is 0 Å². The van der Waals surface area contributed by atoms with E-state index in [1.807, 2.05) is 48.5 Å². The number of rotatable bonds is 6. The Morgan fingerprint density at radius 3 is 1.40 bits per heavy atom. The quantitative estimate of drug-likeness (QED) is 0.816. The molecule has 0 aliphatic rings. The van der Waals surface area contributed by atoms with E-state index in [1.165, 1.54) is 0 Å². The van der Waals surface area contributed by atoms with Crippen molar-refractivity contribution in [3.63, 3.8) is 0 Å². The van der Waals surface area contributed by atoms with Gasteiger partial charge in [0.05, 0.1) is 14.2 Å². The van der Waals surface area contributed by atoms with Gasteiger partial charge in [0, 0.05) is 11.1 Å². The lowest BCUT2D eigenvalue weighted by Gasteiger charge is -2.22. The number of benzene rings is 2. The average Bonchev–Trinajstić information content (AvgIpc) is 2.49. The van der Waals surface area contributed by atoms with Crippen LogP contribution in [0.3, 0.4) is 0 Å². The molecule has 106 valence electrons. The first-order valence-corrected chi connectivity index (χ1v) is 6.49. The summed E-state index contributed by atoms with van der Waals surface area (Å²) < 4.78 is 10.2. The lowest BCUT2D eigenvalue weighted by Crippen LogP contribution is -3.04. The van der Waals surface area contributed by atoms with Crippen LogP contribution in [0.15, 0.2) is 48.5 Å². The molecule has 0 aliphatic heterocycles. The third kappa shape index (κ3) is 3.98. The fourth-order valence-corrected chi connectivity index (χ4v) is 2.00. The molecule has 2 rings (SSSR count). The molecule has 0 saturated carbocycles. The molecule has 0 saturated heterocycles. The first-order valence-electron chi connectivity index (χ1n) is 6.49. The molecule has 20 heavy (non-hydrogen) atoms. The summed E-state index contributed by atoms with van der Waals surface area (Å²) in [5, 5.41) is 12.2. The number of ether oxygens (including phenoxy) is 2. The van der Waals surface area contributed by atoms with Crippen LogP contribution in [0, 0.1) is 5.21 Å². The zero-order chi connectivity index (χ0) is 14.4. The number of nitrogens with one attached hydrogen (secondary N) is 1. The molecule has 0 atom stereocenters. The monoisotopic (exact) mass is 273 g/mol. The maximum Gasteiger partial charge on any atom is 0.118 e. The van der Waals surface area contributed by atoms with Gasteiger partial charge in [0.1, 0.15) is 24.6 Å². The molecular formula is C16H19NO3. The topological polar surface area (TPSA) is 46.0 Å². The average molecular weight is 273 g/mol. The van der Waals surface area contributed by atoms with Crippen molar-refractivity contribution in [1.29, 1.82) is 0 Å². The van der Waals surface area contributed by atoms with Crippen molar-refractivity contribution in [2.75, 3.05) is 14.2 Å². The molecule has 2 aromatic carbocycles. The highest BCUT2D eigenvalue weighted by atomic mass is 16.5. The standard InChI is InChI=1S/C16H19NO3/c1-19-15-7-3-13(4-8-15)11-17(18)12-14-5-9-16(20-2)10-6-14/h3-10,17H,11-12H2,1-2H3. The molecule has 4 heteroatoms. The number of hydrogen-bond acceptors (Lipinski definition) is 3. The van der Waals surface area contributed by atoms with Crippen LogP contribution in [0.4, 0.5) is 0 Å². The van der Waals surface area contributed by atoms with Gasteiger partial charge in [0.25, 0.3) is 0 Å². The normalized spacial score (nSPS) is 10.6. The molecule has 0 unspecified atom stereocenters. The van der Waals surface area contributed by atoms with Gasteiger partial charge in [0.15, 0.2) is 0 Å². The van der Waals surface area contributed by atoms with E-state index in [2.05, 4.69) is 0 Å². The fourth-order valence-electron chi connectivity index (χ4n) is 2.00. The Kier molecular flexibility index (Phi) is 4.98. The Bertz CT molecular complexity index is 473. The summed E-state index contributed by atoms with van der Waals surface area (Å²) in [5.74, 6) is 1.60. The molecule has 0 heterocycles. The highest BCUT2D eigenvalue weighted by Crippen LogP contribution is 2.11. The van der Waals surface area contributed by atoms with Gasteiger partial charge in [-0.25, -0.2) is 0 Å². The van der Waals surface area contributed by atoms with E-state index >= 15 is 0 Å². The first kappa shape index (κ1) is 14.4. The van der Waals surface area contributed by atoms with Gasteiger partial charge in [-0.2, -0.15) is 0 Å². The zero-order valence-corrected chi connectivity index (χ0v) is 11.8. The Morgan fingerprint density at radius 2 is 1.10 bits per heavy atom. The van der Waals surface area contributed by atoms with Crippen molar-refractivity contribution in [2.45, 2.75) is 13.1 Å². The Labute approximate surface area is 119 Å². The van der Waals surface area contributed by atoms with E-state index in [0.29, 0.717) is 13.1 Å². The van der Waals surface area contributed by atoms with Crippen LogP contribution < -0.4 is 14.5 Å². The van der Waals surface area contributed by atoms with Crippen LogP contribution in [0.25, 0.3) is 0 Å².